The third kappa shape index (κ3) is 8.25. The lowest BCUT2D eigenvalue weighted by Gasteiger charge is -2.07. The first kappa shape index (κ1) is 39.0. The third-order valence-corrected chi connectivity index (χ3v) is 9.53. The van der Waals surface area contributed by atoms with Crippen molar-refractivity contribution >= 4 is 47.1 Å². The van der Waals surface area contributed by atoms with Crippen molar-refractivity contribution in [3.05, 3.63) is 135 Å². The highest BCUT2D eigenvalue weighted by Gasteiger charge is 2.25. The van der Waals surface area contributed by atoms with Crippen molar-refractivity contribution in [2.75, 3.05) is 0 Å². The van der Waals surface area contributed by atoms with E-state index < -0.39 is 28.9 Å². The van der Waals surface area contributed by atoms with Crippen LogP contribution in [0.2, 0.25) is 0 Å². The number of aliphatic carboxylic acids is 2. The van der Waals surface area contributed by atoms with Gasteiger partial charge in [0.05, 0.1) is 5.70 Å². The number of carbonyl (C=O) groups excluding carboxylic acids is 2. The summed E-state index contributed by atoms with van der Waals surface area (Å²) >= 11 is 0. The molecule has 2 aliphatic heterocycles. The molecule has 0 radical (unpaired) electrons. The van der Waals surface area contributed by atoms with E-state index in [1.807, 2.05) is 37.9 Å². The van der Waals surface area contributed by atoms with E-state index >= 15 is 0 Å². The minimum Gasteiger partial charge on any atom is -0.481 e. The Morgan fingerprint density at radius 1 is 0.618 bits per heavy atom. The van der Waals surface area contributed by atoms with Crippen LogP contribution in [-0.2, 0) is 38.4 Å². The zero-order chi connectivity index (χ0) is 40.3. The number of aromatic amines is 6. The van der Waals surface area contributed by atoms with Gasteiger partial charge in [0, 0.05) is 64.5 Å². The fourth-order valence-corrected chi connectivity index (χ4v) is 6.57. The van der Waals surface area contributed by atoms with Gasteiger partial charge in [0.25, 0.3) is 17.4 Å². The number of hydrogen-bond acceptors (Lipinski definition) is 7. The first-order chi connectivity index (χ1) is 26.0. The van der Waals surface area contributed by atoms with Crippen LogP contribution in [0.3, 0.4) is 0 Å². The Balaban J connectivity index is 0.000000407. The van der Waals surface area contributed by atoms with E-state index in [0.717, 1.165) is 50.6 Å². The molecule has 2 aliphatic rings. The van der Waals surface area contributed by atoms with Gasteiger partial charge in [-0.15, -0.1) is 0 Å². The number of fused-ring (bicyclic) bond motifs is 1. The fraction of sp³-hybridized carbons (Fsp3) is 0.237. The van der Waals surface area contributed by atoms with Crippen LogP contribution >= 0.6 is 0 Å². The molecule has 10 N–H and O–H groups in total. The molecule has 0 aliphatic carbocycles. The highest BCUT2D eigenvalue weighted by Crippen LogP contribution is 2.31. The zero-order valence-corrected chi connectivity index (χ0v) is 30.5. The summed E-state index contributed by atoms with van der Waals surface area (Å²) in [6.45, 7) is 14.9. The molecular weight excluding hydrogens is 712 g/mol. The molecule has 0 unspecified atom stereocenters. The van der Waals surface area contributed by atoms with Gasteiger partial charge in [0.15, 0.2) is 0 Å². The fourth-order valence-electron chi connectivity index (χ4n) is 6.57. The van der Waals surface area contributed by atoms with Crippen molar-refractivity contribution in [3.63, 3.8) is 0 Å². The quantitative estimate of drug-likeness (QED) is 0.102. The first-order valence-electron chi connectivity index (χ1n) is 17.0. The Labute approximate surface area is 311 Å². The molecule has 0 aromatic carbocycles. The zero-order valence-electron chi connectivity index (χ0n) is 30.5. The Morgan fingerprint density at radius 2 is 1.11 bits per heavy atom. The van der Waals surface area contributed by atoms with Crippen LogP contribution in [0.1, 0.15) is 71.7 Å². The van der Waals surface area contributed by atoms with Gasteiger partial charge in [-0.3, -0.25) is 43.9 Å². The minimum atomic E-state index is -0.922. The Morgan fingerprint density at radius 3 is 1.60 bits per heavy atom. The number of hydrogen-bond donors (Lipinski definition) is 10. The number of carbonyl (C=O) groups is 4. The van der Waals surface area contributed by atoms with Gasteiger partial charge < -0.3 is 30.8 Å². The first-order valence-corrected chi connectivity index (χ1v) is 17.0. The number of imidazole rings is 1. The van der Waals surface area contributed by atoms with E-state index in [0.29, 0.717) is 34.5 Å². The average molecular weight is 753 g/mol. The van der Waals surface area contributed by atoms with E-state index in [1.54, 1.807) is 13.0 Å². The smallest absolute Gasteiger partial charge is 0.327 e. The number of H-pyrrole nitrogens is 6. The van der Waals surface area contributed by atoms with Gasteiger partial charge in [-0.25, -0.2) is 9.59 Å². The Hall–Kier alpha value is -7.17. The summed E-state index contributed by atoms with van der Waals surface area (Å²) in [5, 5.41) is 24.6. The normalized spacial score (nSPS) is 15.5. The SMILES string of the molecule is C=CC1=C(C)/C(=C/c2[nH]c(Cc3[nH]c(/C=C4\NC(=O)C(C)=C4C=C)c(C)c3CCC(=O)O)c(CCC(=O)O)c2C)NC1=O.O=c1[nH]c(=O)c2[nH]c(=O)[nH]c2[nH]1. The number of amides is 2. The van der Waals surface area contributed by atoms with Gasteiger partial charge in [0.2, 0.25) is 0 Å². The molecule has 17 nitrogen and oxygen atoms in total. The lowest BCUT2D eigenvalue weighted by atomic mass is 9.98. The van der Waals surface area contributed by atoms with Crippen molar-refractivity contribution in [2.45, 2.75) is 59.8 Å². The molecule has 17 heteroatoms. The van der Waals surface area contributed by atoms with E-state index in [-0.39, 0.29) is 48.7 Å². The second-order valence-corrected chi connectivity index (χ2v) is 13.0. The lowest BCUT2D eigenvalue weighted by molar-refractivity contribution is -0.138. The summed E-state index contributed by atoms with van der Waals surface area (Å²) in [7, 11) is 0. The number of allylic oxidation sites excluding steroid dienone is 2. The van der Waals surface area contributed by atoms with Gasteiger partial charge in [-0.05, 0) is 80.5 Å². The summed E-state index contributed by atoms with van der Waals surface area (Å²) in [5.41, 5.74) is 8.54. The molecule has 55 heavy (non-hydrogen) atoms. The minimum absolute atomic E-state index is 0.0413. The molecule has 0 atom stereocenters. The predicted octanol–water partition coefficient (Wildman–Crippen LogP) is 2.76. The van der Waals surface area contributed by atoms with E-state index in [1.165, 1.54) is 6.08 Å². The monoisotopic (exact) mass is 752 g/mol. The van der Waals surface area contributed by atoms with Crippen LogP contribution in [-0.4, -0.2) is 63.9 Å². The van der Waals surface area contributed by atoms with Crippen LogP contribution in [0.25, 0.3) is 23.3 Å². The average Bonchev–Trinajstić information content (AvgIpc) is 3.86. The molecule has 286 valence electrons. The molecular formula is C38H40N8O9. The lowest BCUT2D eigenvalue weighted by Crippen LogP contribution is -2.21. The second-order valence-electron chi connectivity index (χ2n) is 13.0. The number of carboxylic acid groups (broad SMARTS) is 2. The number of carboxylic acids is 2. The van der Waals surface area contributed by atoms with E-state index in [4.69, 9.17) is 0 Å². The van der Waals surface area contributed by atoms with Crippen molar-refractivity contribution in [1.29, 1.82) is 0 Å². The molecule has 2 amide bonds. The van der Waals surface area contributed by atoms with Gasteiger partial charge >= 0.3 is 23.3 Å². The maximum Gasteiger partial charge on any atom is 0.327 e. The molecule has 4 aromatic heterocycles. The van der Waals surface area contributed by atoms with Gasteiger partial charge in [-0.1, -0.05) is 25.3 Å². The van der Waals surface area contributed by atoms with Gasteiger partial charge in [0.1, 0.15) is 11.2 Å². The summed E-state index contributed by atoms with van der Waals surface area (Å²) in [6.07, 6.45) is 7.58. The predicted molar refractivity (Wildman–Crippen MR) is 204 cm³/mol. The highest BCUT2D eigenvalue weighted by molar-refractivity contribution is 6.03. The number of nitrogens with one attached hydrogen (secondary N) is 8. The maximum atomic E-state index is 12.3. The molecule has 0 fully saturated rings. The molecule has 6 rings (SSSR count). The number of rotatable bonds is 12. The topological polar surface area (TPSA) is 279 Å². The van der Waals surface area contributed by atoms with Crippen molar-refractivity contribution in [1.82, 2.24) is 40.5 Å². The molecule has 6 heterocycles. The van der Waals surface area contributed by atoms with Crippen molar-refractivity contribution in [3.8, 4) is 0 Å². The maximum absolute atomic E-state index is 12.3. The van der Waals surface area contributed by atoms with Gasteiger partial charge in [-0.2, -0.15) is 0 Å². The molecule has 0 saturated heterocycles. The Kier molecular flexibility index (Phi) is 11.2. The summed E-state index contributed by atoms with van der Waals surface area (Å²) in [5.74, 6) is -2.28. The van der Waals surface area contributed by atoms with E-state index in [9.17, 15) is 43.8 Å². The molecule has 0 saturated carbocycles. The van der Waals surface area contributed by atoms with Crippen LogP contribution in [0.4, 0.5) is 0 Å². The van der Waals surface area contributed by atoms with Crippen LogP contribution < -0.4 is 27.6 Å². The summed E-state index contributed by atoms with van der Waals surface area (Å²) in [6, 6.07) is 0. The third-order valence-electron chi connectivity index (χ3n) is 9.53. The largest absolute Gasteiger partial charge is 0.481 e. The van der Waals surface area contributed by atoms with E-state index in [2.05, 4.69) is 48.7 Å². The molecule has 0 spiro atoms. The Bertz CT molecular complexity index is 2610. The van der Waals surface area contributed by atoms with Crippen molar-refractivity contribution in [2.24, 2.45) is 0 Å². The standard InChI is InChI=1S/C33H36N4O6.C5H4N4O3/c1-7-20-19(6)32(42)37-27(20)14-25-18(5)23(10-12-31(40)41)29(35-25)15-28-22(9-11-30(38)39)17(4)24(34-28)13-26-16(3)21(8-2)33(43)36-26;10-3-1-2(7-4(11)6-1)8-5(12)9-3/h7-8,13-14,34-35H,1-2,9-12,15H2,3-6H3,(H,36,43)(H,37,42)(H,38,39)(H,40,41);(H4,6,7,8,9,10,11,12)/b26-13-,27-14-;. The van der Waals surface area contributed by atoms with Crippen molar-refractivity contribution < 1.29 is 29.4 Å². The highest BCUT2D eigenvalue weighted by atomic mass is 16.4. The molecule has 4 aromatic rings. The second kappa shape index (κ2) is 15.8. The van der Waals surface area contributed by atoms with Crippen LogP contribution in [0, 0.1) is 13.8 Å². The summed E-state index contributed by atoms with van der Waals surface area (Å²) in [4.78, 5) is 95.5. The molecule has 0 bridgehead atoms. The summed E-state index contributed by atoms with van der Waals surface area (Å²) < 4.78 is 0. The van der Waals surface area contributed by atoms with Crippen LogP contribution in [0.15, 0.2) is 73.4 Å². The van der Waals surface area contributed by atoms with Crippen LogP contribution in [0.5, 0.6) is 0 Å². The number of aromatic nitrogens is 6.